The molecule has 2 aromatic heterocycles. The van der Waals surface area contributed by atoms with Crippen LogP contribution >= 0.6 is 22.9 Å². The molecule has 0 radical (unpaired) electrons. The molecule has 0 atom stereocenters. The van der Waals surface area contributed by atoms with E-state index in [0.717, 1.165) is 16.6 Å². The van der Waals surface area contributed by atoms with Gasteiger partial charge in [-0.15, -0.1) is 11.3 Å². The third kappa shape index (κ3) is 4.28. The number of methoxy groups -OCH3 is 1. The number of rotatable bonds is 8. The number of hydrogen-bond acceptors (Lipinski definition) is 6. The van der Waals surface area contributed by atoms with E-state index in [2.05, 4.69) is 9.97 Å². The van der Waals surface area contributed by atoms with Gasteiger partial charge in [0, 0.05) is 20.3 Å². The van der Waals surface area contributed by atoms with Gasteiger partial charge < -0.3 is 14.2 Å². The second-order valence-electron chi connectivity index (χ2n) is 3.74. The van der Waals surface area contributed by atoms with Crippen LogP contribution in [0.4, 0.5) is 0 Å². The van der Waals surface area contributed by atoms with Crippen LogP contribution in [0.25, 0.3) is 10.2 Å². The molecule has 0 saturated heterocycles. The molecule has 0 aliphatic rings. The quantitative estimate of drug-likeness (QED) is 0.554. The van der Waals surface area contributed by atoms with Crippen LogP contribution in [0.15, 0.2) is 11.4 Å². The summed E-state index contributed by atoms with van der Waals surface area (Å²) >= 11 is 7.35. The first kappa shape index (κ1) is 14.5. The van der Waals surface area contributed by atoms with E-state index in [0.29, 0.717) is 32.3 Å². The minimum absolute atomic E-state index is 0.200. The maximum atomic E-state index is 5.84. The fourth-order valence-electron chi connectivity index (χ4n) is 1.52. The van der Waals surface area contributed by atoms with Crippen molar-refractivity contribution < 1.29 is 14.2 Å². The molecule has 7 heteroatoms. The second-order valence-corrected chi connectivity index (χ2v) is 4.98. The largest absolute Gasteiger partial charge is 0.475 e. The lowest BCUT2D eigenvalue weighted by atomic mass is 10.4. The third-order valence-electron chi connectivity index (χ3n) is 2.37. The third-order valence-corrected chi connectivity index (χ3v) is 3.34. The highest BCUT2D eigenvalue weighted by Gasteiger charge is 2.08. The van der Waals surface area contributed by atoms with Gasteiger partial charge in [-0.25, -0.2) is 4.98 Å². The van der Waals surface area contributed by atoms with Crippen molar-refractivity contribution in [2.75, 3.05) is 33.5 Å². The minimum Gasteiger partial charge on any atom is -0.475 e. The molecule has 104 valence electrons. The van der Waals surface area contributed by atoms with Crippen LogP contribution < -0.4 is 4.74 Å². The van der Waals surface area contributed by atoms with Gasteiger partial charge in [0.25, 0.3) is 0 Å². The lowest BCUT2D eigenvalue weighted by Gasteiger charge is -2.07. The van der Waals surface area contributed by atoms with E-state index in [-0.39, 0.29) is 5.28 Å². The number of ether oxygens (including phenoxy) is 3. The number of halogens is 1. The molecule has 0 aromatic carbocycles. The Kier molecular flexibility index (Phi) is 5.78. The van der Waals surface area contributed by atoms with E-state index in [1.165, 1.54) is 11.3 Å². The zero-order valence-electron chi connectivity index (χ0n) is 10.6. The molecule has 0 aliphatic heterocycles. The fourth-order valence-corrected chi connectivity index (χ4v) is 2.48. The van der Waals surface area contributed by atoms with Crippen molar-refractivity contribution in [2.45, 2.75) is 6.42 Å². The molecule has 2 aromatic rings. The van der Waals surface area contributed by atoms with E-state index in [4.69, 9.17) is 25.8 Å². The van der Waals surface area contributed by atoms with Crippen molar-refractivity contribution in [1.29, 1.82) is 0 Å². The summed E-state index contributed by atoms with van der Waals surface area (Å²) < 4.78 is 15.9. The van der Waals surface area contributed by atoms with E-state index in [9.17, 15) is 0 Å². The number of fused-ring (bicyclic) bond motifs is 1. The predicted octanol–water partition coefficient (Wildman–Crippen LogP) is 2.78. The molecule has 2 heterocycles. The average Bonchev–Trinajstić information content (AvgIpc) is 2.85. The Morgan fingerprint density at radius 3 is 2.95 bits per heavy atom. The standard InChI is InChI=1S/C12H15ClN2O3S/c1-16-4-2-5-17-6-7-18-10-9-3-8-19-11(9)15-12(13)14-10/h3,8H,2,4-7H2,1H3. The van der Waals surface area contributed by atoms with Gasteiger partial charge in [0.2, 0.25) is 11.2 Å². The summed E-state index contributed by atoms with van der Waals surface area (Å²) in [5.41, 5.74) is 0. The summed E-state index contributed by atoms with van der Waals surface area (Å²) in [5.74, 6) is 0.511. The summed E-state index contributed by atoms with van der Waals surface area (Å²) in [6.45, 7) is 2.32. The maximum absolute atomic E-state index is 5.84. The Labute approximate surface area is 120 Å². The highest BCUT2D eigenvalue weighted by Crippen LogP contribution is 2.27. The van der Waals surface area contributed by atoms with Crippen LogP contribution in [-0.2, 0) is 9.47 Å². The second kappa shape index (κ2) is 7.59. The van der Waals surface area contributed by atoms with Gasteiger partial charge in [0.05, 0.1) is 12.0 Å². The zero-order valence-corrected chi connectivity index (χ0v) is 12.2. The average molecular weight is 303 g/mol. The number of aromatic nitrogens is 2. The first-order valence-electron chi connectivity index (χ1n) is 5.91. The molecule has 0 bridgehead atoms. The maximum Gasteiger partial charge on any atom is 0.227 e. The van der Waals surface area contributed by atoms with Crippen molar-refractivity contribution in [3.63, 3.8) is 0 Å². The van der Waals surface area contributed by atoms with Gasteiger partial charge >= 0.3 is 0 Å². The summed E-state index contributed by atoms with van der Waals surface area (Å²) in [5, 5.41) is 3.02. The Hall–Kier alpha value is -0.950. The van der Waals surface area contributed by atoms with Gasteiger partial charge in [0.1, 0.15) is 11.4 Å². The van der Waals surface area contributed by atoms with Gasteiger partial charge in [-0.2, -0.15) is 4.98 Å². The first-order valence-corrected chi connectivity index (χ1v) is 7.17. The smallest absolute Gasteiger partial charge is 0.227 e. The number of thiophene rings is 1. The minimum atomic E-state index is 0.200. The van der Waals surface area contributed by atoms with E-state index in [1.54, 1.807) is 7.11 Å². The van der Waals surface area contributed by atoms with E-state index >= 15 is 0 Å². The van der Waals surface area contributed by atoms with Gasteiger partial charge in [-0.1, -0.05) is 0 Å². The zero-order chi connectivity index (χ0) is 13.5. The van der Waals surface area contributed by atoms with Crippen molar-refractivity contribution in [1.82, 2.24) is 9.97 Å². The molecule has 0 amide bonds. The van der Waals surface area contributed by atoms with Crippen LogP contribution in [0.2, 0.25) is 5.28 Å². The molecule has 0 aliphatic carbocycles. The highest BCUT2D eigenvalue weighted by molar-refractivity contribution is 7.16. The van der Waals surface area contributed by atoms with Crippen molar-refractivity contribution in [3.8, 4) is 5.88 Å². The molecular weight excluding hydrogens is 288 g/mol. The summed E-state index contributed by atoms with van der Waals surface area (Å²) in [6.07, 6.45) is 0.880. The van der Waals surface area contributed by atoms with Crippen LogP contribution in [0, 0.1) is 0 Å². The normalized spacial score (nSPS) is 11.1. The Balaban J connectivity index is 1.79. The molecule has 0 unspecified atom stereocenters. The lowest BCUT2D eigenvalue weighted by Crippen LogP contribution is -2.09. The van der Waals surface area contributed by atoms with Crippen LogP contribution in [0.5, 0.6) is 5.88 Å². The van der Waals surface area contributed by atoms with Crippen molar-refractivity contribution in [3.05, 3.63) is 16.7 Å². The predicted molar refractivity (Wildman–Crippen MR) is 75.2 cm³/mol. The number of nitrogens with zero attached hydrogens (tertiary/aromatic N) is 2. The molecule has 19 heavy (non-hydrogen) atoms. The van der Waals surface area contributed by atoms with Gasteiger partial charge in [0.15, 0.2) is 0 Å². The highest BCUT2D eigenvalue weighted by atomic mass is 35.5. The van der Waals surface area contributed by atoms with Gasteiger partial charge in [-0.05, 0) is 29.5 Å². The summed E-state index contributed by atoms with van der Waals surface area (Å²) in [6, 6.07) is 1.92. The first-order chi connectivity index (χ1) is 9.31. The Morgan fingerprint density at radius 2 is 2.11 bits per heavy atom. The molecule has 0 saturated carbocycles. The van der Waals surface area contributed by atoms with E-state index < -0.39 is 0 Å². The number of hydrogen-bond donors (Lipinski definition) is 0. The fraction of sp³-hybridized carbons (Fsp3) is 0.500. The molecule has 0 fully saturated rings. The monoisotopic (exact) mass is 302 g/mol. The Bertz CT molecular complexity index is 521. The van der Waals surface area contributed by atoms with Crippen LogP contribution in [0.3, 0.4) is 0 Å². The van der Waals surface area contributed by atoms with E-state index in [1.807, 2.05) is 11.4 Å². The summed E-state index contributed by atoms with van der Waals surface area (Å²) in [7, 11) is 1.67. The topological polar surface area (TPSA) is 53.5 Å². The Morgan fingerprint density at radius 1 is 1.21 bits per heavy atom. The molecule has 0 N–H and O–H groups in total. The van der Waals surface area contributed by atoms with Crippen molar-refractivity contribution in [2.24, 2.45) is 0 Å². The SMILES string of the molecule is COCCCOCCOc1nc(Cl)nc2sccc12. The summed E-state index contributed by atoms with van der Waals surface area (Å²) in [4.78, 5) is 9.04. The van der Waals surface area contributed by atoms with Crippen LogP contribution in [-0.4, -0.2) is 43.5 Å². The van der Waals surface area contributed by atoms with Crippen molar-refractivity contribution >= 4 is 33.2 Å². The molecular formula is C12H15ClN2O3S. The van der Waals surface area contributed by atoms with Crippen LogP contribution in [0.1, 0.15) is 6.42 Å². The lowest BCUT2D eigenvalue weighted by molar-refractivity contribution is 0.0799. The van der Waals surface area contributed by atoms with Gasteiger partial charge in [-0.3, -0.25) is 0 Å². The molecule has 2 rings (SSSR count). The molecule has 0 spiro atoms. The molecule has 5 nitrogen and oxygen atoms in total.